The minimum atomic E-state index is -2.62. The van der Waals surface area contributed by atoms with E-state index >= 15 is 0 Å². The molecular weight excluding hydrogens is 694 g/mol. The molecule has 2 aliphatic carbocycles. The van der Waals surface area contributed by atoms with Crippen LogP contribution >= 0.6 is 0 Å². The van der Waals surface area contributed by atoms with E-state index in [9.17, 15) is 0 Å². The van der Waals surface area contributed by atoms with Crippen LogP contribution in [-0.4, -0.2) is 36.8 Å². The van der Waals surface area contributed by atoms with Gasteiger partial charge in [0.05, 0.1) is 0 Å². The van der Waals surface area contributed by atoms with Crippen molar-refractivity contribution in [2.24, 2.45) is 0 Å². The molecule has 40 heavy (non-hydrogen) atoms. The first-order chi connectivity index (χ1) is 18.1. The van der Waals surface area contributed by atoms with E-state index < -0.39 is 36.8 Å². The van der Waals surface area contributed by atoms with E-state index in [1.807, 2.05) is 0 Å². The molecule has 0 saturated heterocycles. The maximum atomic E-state index is 2.72. The zero-order valence-corrected chi connectivity index (χ0v) is 35.1. The number of hydrogen-bond acceptors (Lipinski definition) is 0. The Morgan fingerprint density at radius 1 is 0.475 bits per heavy atom. The molecule has 4 rings (SSSR count). The average molecular weight is 752 g/mol. The first-order valence-electron chi connectivity index (χ1n) is 15.7. The van der Waals surface area contributed by atoms with Crippen molar-refractivity contribution in [1.82, 2.24) is 0 Å². The molecule has 0 saturated carbocycles. The molecule has 0 amide bonds. The Labute approximate surface area is 256 Å². The van der Waals surface area contributed by atoms with Crippen molar-refractivity contribution in [2.75, 3.05) is 0 Å². The second kappa shape index (κ2) is 10.0. The zero-order chi connectivity index (χ0) is 30.7. The zero-order valence-electron chi connectivity index (χ0n) is 29.4. The van der Waals surface area contributed by atoms with Crippen molar-refractivity contribution in [3.05, 3.63) is 77.9 Å². The third-order valence-electron chi connectivity index (χ3n) is 12.9. The molecule has 2 aromatic rings. The quantitative estimate of drug-likeness (QED) is 0.267. The van der Waals surface area contributed by atoms with Crippen LogP contribution in [0.5, 0.6) is 0 Å². The molecule has 0 nitrogen and oxygen atoms in total. The van der Waals surface area contributed by atoms with Gasteiger partial charge in [-0.2, -0.15) is 0 Å². The number of hydrogen-bond donors (Lipinski definition) is 0. The van der Waals surface area contributed by atoms with Gasteiger partial charge in [-0.15, -0.1) is 0 Å². The van der Waals surface area contributed by atoms with Crippen LogP contribution in [-0.2, 0) is 6.86 Å². The van der Waals surface area contributed by atoms with E-state index in [1.165, 1.54) is 40.7 Å². The van der Waals surface area contributed by atoms with Gasteiger partial charge in [-0.25, -0.2) is 0 Å². The standard InChI is InChI=1S/C32H40.6CH3.2Sn/c1-15-17(3)23(9)31-27(19(5)25(11)29(31)21(15)7)13-14-28-20(6)26(12)30-22(8)16(2)18(4)24(10)32(28)30;;;;;;;;/h13-14H2,1-12H3;6*1H3;;. The van der Waals surface area contributed by atoms with Crippen LogP contribution in [0.2, 0.25) is 29.6 Å². The van der Waals surface area contributed by atoms with Crippen LogP contribution in [0.25, 0.3) is 11.1 Å². The summed E-state index contributed by atoms with van der Waals surface area (Å²) < 4.78 is 0.487. The Hall–Kier alpha value is -0.483. The Morgan fingerprint density at radius 2 is 0.900 bits per heavy atom. The monoisotopic (exact) mass is 754 g/mol. The van der Waals surface area contributed by atoms with Gasteiger partial charge >= 0.3 is 258 Å². The van der Waals surface area contributed by atoms with Gasteiger partial charge in [0, 0.05) is 0 Å². The van der Waals surface area contributed by atoms with Crippen molar-refractivity contribution < 1.29 is 0 Å². The molecule has 2 aromatic carbocycles. The minimum absolute atomic E-state index is 0.238. The predicted molar refractivity (Wildman–Crippen MR) is 187 cm³/mol. The molecule has 0 aliphatic heterocycles. The fraction of sp³-hybridized carbons (Fsp3) is 0.579. The predicted octanol–water partition coefficient (Wildman–Crippen LogP) is 11.5. The van der Waals surface area contributed by atoms with Gasteiger partial charge in [0.2, 0.25) is 0 Å². The summed E-state index contributed by atoms with van der Waals surface area (Å²) in [6, 6.07) is 0. The molecule has 0 N–H and O–H groups in total. The second-order valence-electron chi connectivity index (χ2n) is 15.9. The summed E-state index contributed by atoms with van der Waals surface area (Å²) in [6.45, 7) is 29.3. The van der Waals surface area contributed by atoms with E-state index in [0.29, 0.717) is 0 Å². The SMILES string of the molecule is CC1=C(C)[C](CCC2=C(C)[C](C)([Sn]([CH3])([CH3])[CH3])c3c(C)c(C)c(C)c(C)c32)([Sn]([CH3])([CH3])[CH3])c2c(C)c(C)c(C)c(C)c21. The third kappa shape index (κ3) is 4.02. The molecule has 0 aromatic heterocycles. The second-order valence-corrected chi connectivity index (χ2v) is 46.9. The van der Waals surface area contributed by atoms with E-state index in [4.69, 9.17) is 0 Å². The molecule has 0 heterocycles. The van der Waals surface area contributed by atoms with Gasteiger partial charge < -0.3 is 0 Å². The van der Waals surface area contributed by atoms with Crippen LogP contribution in [0.4, 0.5) is 0 Å². The Bertz CT molecular complexity index is 1510. The van der Waals surface area contributed by atoms with Gasteiger partial charge in [-0.3, -0.25) is 0 Å². The average Bonchev–Trinajstić information content (AvgIpc) is 3.23. The third-order valence-corrected chi connectivity index (χ3v) is 33.1. The first-order valence-corrected chi connectivity index (χ1v) is 35.7. The van der Waals surface area contributed by atoms with Gasteiger partial charge in [0.15, 0.2) is 0 Å². The maximum absolute atomic E-state index is 2.72. The summed E-state index contributed by atoms with van der Waals surface area (Å²) in [4.78, 5) is 16.2. The van der Waals surface area contributed by atoms with Gasteiger partial charge in [0.25, 0.3) is 0 Å². The van der Waals surface area contributed by atoms with Crippen LogP contribution < -0.4 is 0 Å². The van der Waals surface area contributed by atoms with E-state index in [0.717, 1.165) is 0 Å². The normalized spacial score (nSPS) is 22.9. The number of allylic oxidation sites excluding steroid dienone is 4. The van der Waals surface area contributed by atoms with Gasteiger partial charge in [0.1, 0.15) is 0 Å². The topological polar surface area (TPSA) is 0 Å². The molecule has 0 spiro atoms. The summed E-state index contributed by atoms with van der Waals surface area (Å²) in [5.74, 6) is 0. The first kappa shape index (κ1) is 32.4. The van der Waals surface area contributed by atoms with Crippen molar-refractivity contribution in [3.63, 3.8) is 0 Å². The molecule has 0 radical (unpaired) electrons. The number of rotatable bonds is 5. The van der Waals surface area contributed by atoms with Crippen molar-refractivity contribution in [3.8, 4) is 0 Å². The Balaban J connectivity index is 2.03. The fourth-order valence-electron chi connectivity index (χ4n) is 9.19. The molecule has 2 atom stereocenters. The van der Waals surface area contributed by atoms with E-state index in [2.05, 4.69) is 113 Å². The molecule has 0 fully saturated rings. The molecule has 0 bridgehead atoms. The van der Waals surface area contributed by atoms with E-state index in [1.54, 1.807) is 61.2 Å². The summed E-state index contributed by atoms with van der Waals surface area (Å²) >= 11 is -5.08. The van der Waals surface area contributed by atoms with Crippen LogP contribution in [0.3, 0.4) is 0 Å². The van der Waals surface area contributed by atoms with Crippen molar-refractivity contribution in [2.45, 2.75) is 132 Å². The summed E-state index contributed by atoms with van der Waals surface area (Å²) in [5.41, 5.74) is 25.7. The number of fused-ring (bicyclic) bond motifs is 2. The molecule has 2 aliphatic rings. The fourth-order valence-corrected chi connectivity index (χ4v) is 25.1. The summed E-state index contributed by atoms with van der Waals surface area (Å²) in [5, 5.41) is 0. The number of benzene rings is 2. The Kier molecular flexibility index (Phi) is 8.13. The molecule has 218 valence electrons. The van der Waals surface area contributed by atoms with Crippen molar-refractivity contribution in [1.29, 1.82) is 0 Å². The van der Waals surface area contributed by atoms with Crippen LogP contribution in [0, 0.1) is 55.4 Å². The molecule has 2 heteroatoms. The van der Waals surface area contributed by atoms with E-state index in [-0.39, 0.29) is 6.86 Å². The molecular formula is C38H58Sn2. The van der Waals surface area contributed by atoms with Crippen LogP contribution in [0.15, 0.2) is 11.1 Å². The summed E-state index contributed by atoms with van der Waals surface area (Å²) in [7, 11) is 0. The van der Waals surface area contributed by atoms with Crippen LogP contribution in [0.1, 0.15) is 107 Å². The Morgan fingerprint density at radius 3 is 1.35 bits per heavy atom. The summed E-state index contributed by atoms with van der Waals surface area (Å²) in [6.07, 6.45) is 2.46. The molecule has 2 unspecified atom stereocenters. The van der Waals surface area contributed by atoms with Crippen molar-refractivity contribution >= 4 is 47.9 Å². The van der Waals surface area contributed by atoms with Gasteiger partial charge in [-0.05, 0) is 0 Å². The van der Waals surface area contributed by atoms with Gasteiger partial charge in [-0.1, -0.05) is 0 Å².